The molecule has 0 atom stereocenters. The molecule has 0 radical (unpaired) electrons. The summed E-state index contributed by atoms with van der Waals surface area (Å²) in [5.41, 5.74) is 10.3. The van der Waals surface area contributed by atoms with Gasteiger partial charge in [0.05, 0.1) is 21.1 Å². The summed E-state index contributed by atoms with van der Waals surface area (Å²) in [4.78, 5) is 4.74. The van der Waals surface area contributed by atoms with Crippen molar-refractivity contribution in [3.05, 3.63) is 44.8 Å². The van der Waals surface area contributed by atoms with Gasteiger partial charge < -0.3 is 10.7 Å². The average Bonchev–Trinajstić information content (AvgIpc) is 3.04. The number of H-pyrrole nitrogens is 1. The van der Waals surface area contributed by atoms with Crippen molar-refractivity contribution >= 4 is 45.4 Å². The minimum absolute atomic E-state index is 0.669. The first kappa shape index (κ1) is 15.9. The van der Waals surface area contributed by atoms with E-state index >= 15 is 0 Å². The lowest BCUT2D eigenvalue weighted by Crippen LogP contribution is -1.99. The molecule has 0 spiro atoms. The lowest BCUT2D eigenvalue weighted by molar-refractivity contribution is 0.748. The molecule has 3 aromatic rings. The van der Waals surface area contributed by atoms with Gasteiger partial charge in [-0.2, -0.15) is 0 Å². The largest absolute Gasteiger partial charge is 0.352 e. The lowest BCUT2D eigenvalue weighted by atomic mass is 10.0. The molecule has 22 heavy (non-hydrogen) atoms. The van der Waals surface area contributed by atoms with Crippen molar-refractivity contribution in [2.75, 3.05) is 6.54 Å². The number of hydrogen-bond acceptors (Lipinski definition) is 2. The van der Waals surface area contributed by atoms with Gasteiger partial charge in [-0.3, -0.25) is 0 Å². The number of fused-ring (bicyclic) bond motifs is 1. The van der Waals surface area contributed by atoms with Crippen molar-refractivity contribution in [1.29, 1.82) is 0 Å². The Morgan fingerprint density at radius 1 is 1.18 bits per heavy atom. The second-order valence-corrected chi connectivity index (χ2v) is 7.28. The molecule has 116 valence electrons. The Morgan fingerprint density at radius 2 is 2.00 bits per heavy atom. The molecule has 2 nitrogen and oxygen atoms in total. The molecule has 0 saturated heterocycles. The maximum Gasteiger partial charge on any atom is 0.0662 e. The topological polar surface area (TPSA) is 41.8 Å². The number of rotatable bonds is 5. The van der Waals surface area contributed by atoms with Crippen LogP contribution in [0.1, 0.15) is 24.0 Å². The quantitative estimate of drug-likeness (QED) is 0.560. The molecule has 0 aliphatic heterocycles. The second kappa shape index (κ2) is 6.63. The highest BCUT2D eigenvalue weighted by Crippen LogP contribution is 2.38. The molecule has 1 aromatic carbocycles. The number of aryl methyl sites for hydroxylation is 2. The zero-order valence-electron chi connectivity index (χ0n) is 12.4. The van der Waals surface area contributed by atoms with Crippen LogP contribution < -0.4 is 5.73 Å². The van der Waals surface area contributed by atoms with E-state index < -0.39 is 0 Å². The molecule has 5 heteroatoms. The summed E-state index contributed by atoms with van der Waals surface area (Å²) in [6.45, 7) is 2.83. The van der Waals surface area contributed by atoms with Crippen molar-refractivity contribution < 1.29 is 0 Å². The van der Waals surface area contributed by atoms with Crippen LogP contribution in [0, 0.1) is 6.92 Å². The SMILES string of the molecule is Cc1csc(-c2[nH]c3c(Cl)cc(Cl)cc3c2CCCCN)c1. The van der Waals surface area contributed by atoms with Crippen molar-refractivity contribution in [1.82, 2.24) is 4.98 Å². The zero-order valence-corrected chi connectivity index (χ0v) is 14.7. The number of hydrogen-bond donors (Lipinski definition) is 2. The summed E-state index contributed by atoms with van der Waals surface area (Å²) in [5.74, 6) is 0. The molecule has 2 heterocycles. The van der Waals surface area contributed by atoms with Crippen LogP contribution >= 0.6 is 34.5 Å². The fraction of sp³-hybridized carbons (Fsp3) is 0.294. The van der Waals surface area contributed by atoms with Gasteiger partial charge in [0.1, 0.15) is 0 Å². The molecule has 0 aliphatic rings. The molecule has 0 bridgehead atoms. The number of halogens is 2. The molecule has 2 aromatic heterocycles. The normalized spacial score (nSPS) is 11.5. The monoisotopic (exact) mass is 352 g/mol. The fourth-order valence-electron chi connectivity index (χ4n) is 2.75. The first-order valence-corrected chi connectivity index (χ1v) is 8.99. The van der Waals surface area contributed by atoms with Gasteiger partial charge in [0.15, 0.2) is 0 Å². The van der Waals surface area contributed by atoms with Crippen LogP contribution in [0.25, 0.3) is 21.5 Å². The molecule has 3 rings (SSSR count). The van der Waals surface area contributed by atoms with E-state index in [1.807, 2.05) is 6.07 Å². The Balaban J connectivity index is 2.16. The van der Waals surface area contributed by atoms with Gasteiger partial charge in [-0.25, -0.2) is 0 Å². The highest BCUT2D eigenvalue weighted by atomic mass is 35.5. The van der Waals surface area contributed by atoms with E-state index in [9.17, 15) is 0 Å². The van der Waals surface area contributed by atoms with E-state index in [0.717, 1.165) is 42.4 Å². The van der Waals surface area contributed by atoms with Crippen molar-refractivity contribution in [3.63, 3.8) is 0 Å². The summed E-state index contributed by atoms with van der Waals surface area (Å²) < 4.78 is 0. The van der Waals surface area contributed by atoms with Crippen molar-refractivity contribution in [2.45, 2.75) is 26.2 Å². The predicted octanol–water partition coefficient (Wildman–Crippen LogP) is 5.79. The fourth-order valence-corrected chi connectivity index (χ4v) is 4.22. The van der Waals surface area contributed by atoms with E-state index in [2.05, 4.69) is 23.4 Å². The molecular weight excluding hydrogens is 335 g/mol. The first-order chi connectivity index (χ1) is 10.6. The van der Waals surface area contributed by atoms with Gasteiger partial charge in [-0.05, 0) is 67.4 Å². The van der Waals surface area contributed by atoms with E-state index in [1.54, 1.807) is 17.4 Å². The molecule has 0 amide bonds. The van der Waals surface area contributed by atoms with E-state index in [0.29, 0.717) is 10.0 Å². The molecule has 0 fully saturated rings. The Labute approximate surface area is 144 Å². The smallest absolute Gasteiger partial charge is 0.0662 e. The Kier molecular flexibility index (Phi) is 4.79. The molecular formula is C17H18Cl2N2S. The lowest BCUT2D eigenvalue weighted by Gasteiger charge is -2.03. The maximum absolute atomic E-state index is 6.37. The number of nitrogens with one attached hydrogen (secondary N) is 1. The molecule has 0 unspecified atom stereocenters. The summed E-state index contributed by atoms with van der Waals surface area (Å²) in [7, 11) is 0. The average molecular weight is 353 g/mol. The zero-order chi connectivity index (χ0) is 15.7. The van der Waals surface area contributed by atoms with Gasteiger partial charge in [0, 0.05) is 10.4 Å². The summed E-state index contributed by atoms with van der Waals surface area (Å²) in [6, 6.07) is 5.99. The molecule has 0 aliphatic carbocycles. The second-order valence-electron chi connectivity index (χ2n) is 5.52. The minimum Gasteiger partial charge on any atom is -0.352 e. The Hall–Kier alpha value is -1.00. The van der Waals surface area contributed by atoms with Crippen molar-refractivity contribution in [2.24, 2.45) is 5.73 Å². The number of thiophene rings is 1. The summed E-state index contributed by atoms with van der Waals surface area (Å²) >= 11 is 14.3. The molecule has 0 saturated carbocycles. The van der Waals surface area contributed by atoms with E-state index in [1.165, 1.54) is 16.0 Å². The summed E-state index contributed by atoms with van der Waals surface area (Å²) in [5, 5.41) is 4.63. The van der Waals surface area contributed by atoms with E-state index in [4.69, 9.17) is 28.9 Å². The van der Waals surface area contributed by atoms with Gasteiger partial charge in [-0.1, -0.05) is 23.2 Å². The third-order valence-corrected chi connectivity index (χ3v) is 5.37. The highest BCUT2D eigenvalue weighted by Gasteiger charge is 2.16. The van der Waals surface area contributed by atoms with Gasteiger partial charge in [0.2, 0.25) is 0 Å². The molecule has 3 N–H and O–H groups in total. The maximum atomic E-state index is 6.37. The van der Waals surface area contributed by atoms with Crippen LogP contribution in [0.5, 0.6) is 0 Å². The van der Waals surface area contributed by atoms with Crippen LogP contribution in [-0.4, -0.2) is 11.5 Å². The third kappa shape index (κ3) is 3.04. The Morgan fingerprint density at radius 3 is 2.68 bits per heavy atom. The highest BCUT2D eigenvalue weighted by molar-refractivity contribution is 7.13. The van der Waals surface area contributed by atoms with Gasteiger partial charge in [0.25, 0.3) is 0 Å². The summed E-state index contributed by atoms with van der Waals surface area (Å²) in [6.07, 6.45) is 3.05. The predicted molar refractivity (Wildman–Crippen MR) is 98.4 cm³/mol. The number of nitrogens with two attached hydrogens (primary N) is 1. The van der Waals surface area contributed by atoms with Crippen molar-refractivity contribution in [3.8, 4) is 10.6 Å². The van der Waals surface area contributed by atoms with Gasteiger partial charge >= 0.3 is 0 Å². The number of aromatic nitrogens is 1. The minimum atomic E-state index is 0.669. The number of benzene rings is 1. The van der Waals surface area contributed by atoms with Crippen LogP contribution in [0.3, 0.4) is 0 Å². The standard InChI is InChI=1S/C17H18Cl2N2S/c1-10-6-15(22-9-10)17-12(4-2-3-5-20)13-7-11(18)8-14(19)16(13)21-17/h6-9,21H,2-5,20H2,1H3. The van der Waals surface area contributed by atoms with Crippen LogP contribution in [0.2, 0.25) is 10.0 Å². The van der Waals surface area contributed by atoms with E-state index in [-0.39, 0.29) is 0 Å². The first-order valence-electron chi connectivity index (χ1n) is 7.35. The third-order valence-electron chi connectivity index (χ3n) is 3.79. The van der Waals surface area contributed by atoms with Gasteiger partial charge in [-0.15, -0.1) is 11.3 Å². The Bertz CT molecular complexity index is 804. The van der Waals surface area contributed by atoms with Crippen LogP contribution in [-0.2, 0) is 6.42 Å². The number of aromatic amines is 1. The number of unbranched alkanes of at least 4 members (excludes halogenated alkanes) is 1. The van der Waals surface area contributed by atoms with Crippen LogP contribution in [0.4, 0.5) is 0 Å². The van der Waals surface area contributed by atoms with Crippen LogP contribution in [0.15, 0.2) is 23.6 Å².